The Balaban J connectivity index is 1.62. The summed E-state index contributed by atoms with van der Waals surface area (Å²) in [6.07, 6.45) is 3.17. The van der Waals surface area contributed by atoms with Gasteiger partial charge in [0.25, 0.3) is 0 Å². The highest BCUT2D eigenvalue weighted by Crippen LogP contribution is 2.37. The lowest BCUT2D eigenvalue weighted by Gasteiger charge is -2.32. The van der Waals surface area contributed by atoms with Crippen molar-refractivity contribution < 1.29 is 13.2 Å². The summed E-state index contributed by atoms with van der Waals surface area (Å²) in [6, 6.07) is 0.391. The molecule has 0 amide bonds. The van der Waals surface area contributed by atoms with E-state index < -0.39 is 12.1 Å². The van der Waals surface area contributed by atoms with Crippen LogP contribution >= 0.6 is 0 Å². The van der Waals surface area contributed by atoms with Crippen LogP contribution in [0.4, 0.5) is 13.2 Å². The minimum atomic E-state index is -4.08. The standard InChI is InChI=1S/C19H31F3N6/c1-13-26-27-17(28(13)2)12-23-18(24-15-6-4-3-5-7-15)25-16-10-8-14(9-11-16)19(20,21)22/h14-16H,3-12H2,1-2H3,(H2,23,24,25). The van der Waals surface area contributed by atoms with Crippen LogP contribution in [0.15, 0.2) is 4.99 Å². The number of aromatic nitrogens is 3. The predicted molar refractivity (Wildman–Crippen MR) is 102 cm³/mol. The molecule has 1 aromatic heterocycles. The highest BCUT2D eigenvalue weighted by atomic mass is 19.4. The van der Waals surface area contributed by atoms with Crippen molar-refractivity contribution in [3.63, 3.8) is 0 Å². The third-order valence-electron chi connectivity index (χ3n) is 6.04. The van der Waals surface area contributed by atoms with Gasteiger partial charge in [-0.15, -0.1) is 10.2 Å². The molecule has 0 atom stereocenters. The molecular formula is C19H31F3N6. The minimum absolute atomic E-state index is 0.0228. The Hall–Kier alpha value is -1.80. The zero-order valence-electron chi connectivity index (χ0n) is 16.7. The Bertz CT molecular complexity index is 655. The van der Waals surface area contributed by atoms with Crippen LogP contribution in [-0.2, 0) is 13.6 Å². The zero-order chi connectivity index (χ0) is 20.1. The van der Waals surface area contributed by atoms with Gasteiger partial charge in [-0.1, -0.05) is 19.3 Å². The Morgan fingerprint density at radius 3 is 2.14 bits per heavy atom. The van der Waals surface area contributed by atoms with E-state index in [2.05, 4.69) is 25.8 Å². The molecule has 0 bridgehead atoms. The van der Waals surface area contributed by atoms with Crippen molar-refractivity contribution >= 4 is 5.96 Å². The van der Waals surface area contributed by atoms with Gasteiger partial charge in [0.2, 0.25) is 0 Å². The molecule has 2 aliphatic rings. The molecule has 0 aliphatic heterocycles. The summed E-state index contributed by atoms with van der Waals surface area (Å²) < 4.78 is 40.6. The van der Waals surface area contributed by atoms with Crippen LogP contribution < -0.4 is 10.6 Å². The quantitative estimate of drug-likeness (QED) is 0.599. The molecule has 2 N–H and O–H groups in total. The Labute approximate surface area is 164 Å². The first-order valence-electron chi connectivity index (χ1n) is 10.3. The van der Waals surface area contributed by atoms with Crippen molar-refractivity contribution in [2.45, 2.75) is 89.5 Å². The van der Waals surface area contributed by atoms with Gasteiger partial charge in [0.15, 0.2) is 11.8 Å². The first-order valence-corrected chi connectivity index (χ1v) is 10.3. The molecule has 2 fully saturated rings. The number of aryl methyl sites for hydroxylation is 1. The van der Waals surface area contributed by atoms with Crippen LogP contribution in [0.1, 0.15) is 69.4 Å². The summed E-state index contributed by atoms with van der Waals surface area (Å²) in [4.78, 5) is 4.67. The third-order valence-corrected chi connectivity index (χ3v) is 6.04. The number of guanidine groups is 1. The van der Waals surface area contributed by atoms with Gasteiger partial charge in [-0.3, -0.25) is 0 Å². The molecule has 0 unspecified atom stereocenters. The van der Waals surface area contributed by atoms with Gasteiger partial charge in [-0.2, -0.15) is 13.2 Å². The summed E-state index contributed by atoms with van der Waals surface area (Å²) >= 11 is 0. The number of aliphatic imine (C=N–C) groups is 1. The third kappa shape index (κ3) is 5.61. The molecule has 0 aromatic carbocycles. The highest BCUT2D eigenvalue weighted by molar-refractivity contribution is 5.80. The van der Waals surface area contributed by atoms with E-state index in [1.807, 2.05) is 18.5 Å². The number of alkyl halides is 3. The van der Waals surface area contributed by atoms with E-state index in [1.165, 1.54) is 19.3 Å². The van der Waals surface area contributed by atoms with Gasteiger partial charge in [-0.25, -0.2) is 4.99 Å². The zero-order valence-corrected chi connectivity index (χ0v) is 16.7. The second kappa shape index (κ2) is 9.13. The lowest BCUT2D eigenvalue weighted by Crippen LogP contribution is -2.49. The molecule has 1 heterocycles. The molecular weight excluding hydrogens is 369 g/mol. The van der Waals surface area contributed by atoms with Crippen LogP contribution in [-0.4, -0.2) is 39.0 Å². The lowest BCUT2D eigenvalue weighted by molar-refractivity contribution is -0.182. The molecule has 158 valence electrons. The van der Waals surface area contributed by atoms with Gasteiger partial charge < -0.3 is 15.2 Å². The van der Waals surface area contributed by atoms with Crippen molar-refractivity contribution in [3.8, 4) is 0 Å². The van der Waals surface area contributed by atoms with Gasteiger partial charge in [0, 0.05) is 19.1 Å². The monoisotopic (exact) mass is 400 g/mol. The van der Waals surface area contributed by atoms with E-state index in [0.29, 0.717) is 31.4 Å². The second-order valence-electron chi connectivity index (χ2n) is 8.10. The van der Waals surface area contributed by atoms with Crippen molar-refractivity contribution in [2.24, 2.45) is 18.0 Å². The van der Waals surface area contributed by atoms with Gasteiger partial charge in [0.1, 0.15) is 12.4 Å². The SMILES string of the molecule is Cc1nnc(CN=C(NC2CCCCC2)NC2CCC(C(F)(F)F)CC2)n1C. The van der Waals surface area contributed by atoms with Crippen LogP contribution in [0, 0.1) is 12.8 Å². The van der Waals surface area contributed by atoms with E-state index in [0.717, 1.165) is 24.5 Å². The van der Waals surface area contributed by atoms with Gasteiger partial charge >= 0.3 is 6.18 Å². The summed E-state index contributed by atoms with van der Waals surface area (Å²) in [5.74, 6) is 1.11. The van der Waals surface area contributed by atoms with Gasteiger partial charge in [-0.05, 0) is 45.4 Å². The Kier molecular flexibility index (Phi) is 6.82. The van der Waals surface area contributed by atoms with Crippen LogP contribution in [0.3, 0.4) is 0 Å². The maximum absolute atomic E-state index is 12.9. The normalized spacial score (nSPS) is 25.0. The van der Waals surface area contributed by atoms with Crippen molar-refractivity contribution in [2.75, 3.05) is 0 Å². The molecule has 28 heavy (non-hydrogen) atoms. The minimum Gasteiger partial charge on any atom is -0.354 e. The number of hydrogen-bond acceptors (Lipinski definition) is 3. The van der Waals surface area contributed by atoms with Crippen molar-refractivity contribution in [3.05, 3.63) is 11.6 Å². The summed E-state index contributed by atoms with van der Waals surface area (Å²) in [5.41, 5.74) is 0. The fraction of sp³-hybridized carbons (Fsp3) is 0.842. The van der Waals surface area contributed by atoms with E-state index in [-0.39, 0.29) is 18.9 Å². The first-order chi connectivity index (χ1) is 13.3. The molecule has 2 saturated carbocycles. The molecule has 9 heteroatoms. The van der Waals surface area contributed by atoms with E-state index in [9.17, 15) is 13.2 Å². The smallest absolute Gasteiger partial charge is 0.354 e. The topological polar surface area (TPSA) is 67.1 Å². The fourth-order valence-corrected chi connectivity index (χ4v) is 4.07. The summed E-state index contributed by atoms with van der Waals surface area (Å²) in [7, 11) is 1.90. The lowest BCUT2D eigenvalue weighted by atomic mass is 9.85. The summed E-state index contributed by atoms with van der Waals surface area (Å²) in [6.45, 7) is 2.27. The van der Waals surface area contributed by atoms with Crippen LogP contribution in [0.5, 0.6) is 0 Å². The molecule has 2 aliphatic carbocycles. The maximum atomic E-state index is 12.9. The van der Waals surface area contributed by atoms with Crippen molar-refractivity contribution in [1.82, 2.24) is 25.4 Å². The predicted octanol–water partition coefficient (Wildman–Crippen LogP) is 3.61. The summed E-state index contributed by atoms with van der Waals surface area (Å²) in [5, 5.41) is 15.1. The largest absolute Gasteiger partial charge is 0.391 e. The molecule has 1 aromatic rings. The molecule has 0 radical (unpaired) electrons. The average molecular weight is 400 g/mol. The van der Waals surface area contributed by atoms with Gasteiger partial charge in [0.05, 0.1) is 5.92 Å². The van der Waals surface area contributed by atoms with Crippen LogP contribution in [0.25, 0.3) is 0 Å². The second-order valence-corrected chi connectivity index (χ2v) is 8.10. The highest BCUT2D eigenvalue weighted by Gasteiger charge is 2.41. The molecule has 6 nitrogen and oxygen atoms in total. The number of halogens is 3. The Morgan fingerprint density at radius 2 is 1.61 bits per heavy atom. The fourth-order valence-electron chi connectivity index (χ4n) is 4.07. The molecule has 3 rings (SSSR count). The maximum Gasteiger partial charge on any atom is 0.391 e. The van der Waals surface area contributed by atoms with Crippen molar-refractivity contribution in [1.29, 1.82) is 0 Å². The average Bonchev–Trinajstić information content (AvgIpc) is 2.99. The number of nitrogens with zero attached hydrogens (tertiary/aromatic N) is 4. The van der Waals surface area contributed by atoms with E-state index >= 15 is 0 Å². The van der Waals surface area contributed by atoms with E-state index in [4.69, 9.17) is 0 Å². The number of rotatable bonds is 4. The Morgan fingerprint density at radius 1 is 1.00 bits per heavy atom. The first kappa shape index (κ1) is 20.9. The number of hydrogen-bond donors (Lipinski definition) is 2. The van der Waals surface area contributed by atoms with Crippen LogP contribution in [0.2, 0.25) is 0 Å². The molecule has 0 spiro atoms. The number of nitrogens with one attached hydrogen (secondary N) is 2. The molecule has 0 saturated heterocycles. The van der Waals surface area contributed by atoms with E-state index in [1.54, 1.807) is 0 Å².